The van der Waals surface area contributed by atoms with Crippen molar-refractivity contribution in [3.05, 3.63) is 35.4 Å². The van der Waals surface area contributed by atoms with Crippen LogP contribution in [0.4, 0.5) is 0 Å². The minimum absolute atomic E-state index is 0.0760. The maximum atomic E-state index is 13.4. The monoisotopic (exact) mass is 505 g/mol. The zero-order valence-electron chi connectivity index (χ0n) is 22.4. The average molecular weight is 506 g/mol. The number of likely N-dealkylation sites (tertiary alicyclic amines) is 1. The highest BCUT2D eigenvalue weighted by Crippen LogP contribution is 2.35. The van der Waals surface area contributed by atoms with E-state index in [1.807, 2.05) is 23.1 Å². The molecule has 1 aromatic carbocycles. The number of carbonyl (C=O) groups is 2. The van der Waals surface area contributed by atoms with E-state index in [4.69, 9.17) is 0 Å². The number of rotatable bonds is 7. The topological polar surface area (TPSA) is 86.8 Å². The van der Waals surface area contributed by atoms with Crippen LogP contribution < -0.4 is 5.32 Å². The summed E-state index contributed by atoms with van der Waals surface area (Å²) >= 11 is 0. The summed E-state index contributed by atoms with van der Waals surface area (Å²) in [5, 5.41) is 2.94. The first-order valence-electron chi connectivity index (χ1n) is 12.8. The summed E-state index contributed by atoms with van der Waals surface area (Å²) in [6.45, 7) is 11.1. The third kappa shape index (κ3) is 6.85. The summed E-state index contributed by atoms with van der Waals surface area (Å²) in [5.74, 6) is -0.358. The van der Waals surface area contributed by atoms with Gasteiger partial charge in [-0.05, 0) is 75.6 Å². The standard InChI is InChI=1S/C27H43N3O4S/c1-18(2)29(6)22-11-12-24(20(16-22)17-35(7,33)34)30-14-13-23(26(30)32)28-25(31)19-9-8-10-21(15-19)27(3,4)5/h8-10,15,18,20,22-24H,11-14,16-17H2,1-7H3,(H,28,31)/t20-,22-,23+,24+/m1/s1. The second-order valence-corrected chi connectivity index (χ2v) is 14.0. The summed E-state index contributed by atoms with van der Waals surface area (Å²) < 4.78 is 24.5. The Morgan fingerprint density at radius 3 is 2.49 bits per heavy atom. The van der Waals surface area contributed by atoms with Gasteiger partial charge in [0.2, 0.25) is 5.91 Å². The van der Waals surface area contributed by atoms with Gasteiger partial charge in [-0.1, -0.05) is 32.9 Å². The van der Waals surface area contributed by atoms with Crippen LogP contribution in [0.25, 0.3) is 0 Å². The summed E-state index contributed by atoms with van der Waals surface area (Å²) in [7, 11) is -1.09. The normalized spacial score (nSPS) is 26.0. The van der Waals surface area contributed by atoms with E-state index in [1.165, 1.54) is 6.26 Å². The van der Waals surface area contributed by atoms with E-state index < -0.39 is 15.9 Å². The third-order valence-electron chi connectivity index (χ3n) is 7.76. The number of sulfone groups is 1. The fraction of sp³-hybridized carbons (Fsp3) is 0.704. The average Bonchev–Trinajstić information content (AvgIpc) is 3.11. The molecule has 196 valence electrons. The fourth-order valence-corrected chi connectivity index (χ4v) is 6.66. The SMILES string of the molecule is CC(C)N(C)[C@@H]1CC[C@H](N2CC[C@H](NC(=O)c3cccc(C(C)(C)C)c3)C2=O)[C@@H](CS(C)(=O)=O)C1. The van der Waals surface area contributed by atoms with Gasteiger partial charge in [0.25, 0.3) is 5.91 Å². The number of carbonyl (C=O) groups excluding carboxylic acids is 2. The van der Waals surface area contributed by atoms with Gasteiger partial charge in [0, 0.05) is 36.5 Å². The molecule has 1 N–H and O–H groups in total. The minimum Gasteiger partial charge on any atom is -0.340 e. The number of hydrogen-bond acceptors (Lipinski definition) is 5. The van der Waals surface area contributed by atoms with E-state index in [0.29, 0.717) is 30.6 Å². The van der Waals surface area contributed by atoms with Crippen molar-refractivity contribution in [1.82, 2.24) is 15.1 Å². The number of nitrogens with zero attached hydrogens (tertiary/aromatic N) is 2. The van der Waals surface area contributed by atoms with Crippen molar-refractivity contribution < 1.29 is 18.0 Å². The van der Waals surface area contributed by atoms with Gasteiger partial charge in [0.05, 0.1) is 5.75 Å². The summed E-state index contributed by atoms with van der Waals surface area (Å²) in [5.41, 5.74) is 1.54. The zero-order chi connectivity index (χ0) is 26.1. The molecule has 2 aliphatic rings. The number of nitrogens with one attached hydrogen (secondary N) is 1. The fourth-order valence-electron chi connectivity index (χ4n) is 5.53. The Bertz CT molecular complexity index is 1030. The van der Waals surface area contributed by atoms with Crippen LogP contribution in [0.3, 0.4) is 0 Å². The highest BCUT2D eigenvalue weighted by atomic mass is 32.2. The molecule has 1 saturated carbocycles. The Kier molecular flexibility index (Phi) is 8.37. The molecule has 35 heavy (non-hydrogen) atoms. The molecule has 0 aromatic heterocycles. The highest BCUT2D eigenvalue weighted by molar-refractivity contribution is 7.90. The lowest BCUT2D eigenvalue weighted by atomic mass is 9.81. The minimum atomic E-state index is -3.18. The van der Waals surface area contributed by atoms with E-state index >= 15 is 0 Å². The van der Waals surface area contributed by atoms with Crippen molar-refractivity contribution in [2.24, 2.45) is 5.92 Å². The van der Waals surface area contributed by atoms with Gasteiger partial charge in [-0.3, -0.25) is 9.59 Å². The molecule has 1 aliphatic carbocycles. The molecule has 1 heterocycles. The molecule has 1 aliphatic heterocycles. The quantitative estimate of drug-likeness (QED) is 0.615. The van der Waals surface area contributed by atoms with Crippen molar-refractivity contribution in [2.45, 2.75) is 89.9 Å². The van der Waals surface area contributed by atoms with Crippen LogP contribution >= 0.6 is 0 Å². The van der Waals surface area contributed by atoms with Crippen LogP contribution in [-0.4, -0.2) is 79.8 Å². The van der Waals surface area contributed by atoms with Crippen LogP contribution in [0, 0.1) is 5.92 Å². The Morgan fingerprint density at radius 2 is 1.89 bits per heavy atom. The number of benzene rings is 1. The lowest BCUT2D eigenvalue weighted by Crippen LogP contribution is -2.53. The molecule has 4 atom stereocenters. The molecule has 0 radical (unpaired) electrons. The Balaban J connectivity index is 1.72. The lowest BCUT2D eigenvalue weighted by molar-refractivity contribution is -0.133. The van der Waals surface area contributed by atoms with E-state index in [0.717, 1.165) is 24.8 Å². The van der Waals surface area contributed by atoms with Gasteiger partial charge in [0.15, 0.2) is 0 Å². The Hall–Kier alpha value is -1.93. The smallest absolute Gasteiger partial charge is 0.251 e. The van der Waals surface area contributed by atoms with Gasteiger partial charge in [-0.25, -0.2) is 8.42 Å². The predicted molar refractivity (Wildman–Crippen MR) is 140 cm³/mol. The van der Waals surface area contributed by atoms with Crippen LogP contribution in [0.15, 0.2) is 24.3 Å². The summed E-state index contributed by atoms with van der Waals surface area (Å²) in [4.78, 5) is 30.5. The highest BCUT2D eigenvalue weighted by Gasteiger charge is 2.43. The first kappa shape index (κ1) is 27.7. The van der Waals surface area contributed by atoms with Gasteiger partial charge < -0.3 is 15.1 Å². The molecule has 0 bridgehead atoms. The number of amides is 2. The van der Waals surface area contributed by atoms with Crippen molar-refractivity contribution >= 4 is 21.7 Å². The van der Waals surface area contributed by atoms with Gasteiger partial charge >= 0.3 is 0 Å². The maximum Gasteiger partial charge on any atom is 0.251 e. The lowest BCUT2D eigenvalue weighted by Gasteiger charge is -2.44. The van der Waals surface area contributed by atoms with Crippen LogP contribution in [0.1, 0.15) is 76.2 Å². The first-order valence-corrected chi connectivity index (χ1v) is 14.8. The van der Waals surface area contributed by atoms with Crippen LogP contribution in [0.2, 0.25) is 0 Å². The third-order valence-corrected chi connectivity index (χ3v) is 8.79. The van der Waals surface area contributed by atoms with Gasteiger partial charge in [-0.2, -0.15) is 0 Å². The first-order chi connectivity index (χ1) is 16.2. The van der Waals surface area contributed by atoms with Crippen molar-refractivity contribution in [1.29, 1.82) is 0 Å². The van der Waals surface area contributed by atoms with Gasteiger partial charge in [-0.15, -0.1) is 0 Å². The second kappa shape index (κ2) is 10.6. The van der Waals surface area contributed by atoms with Crippen molar-refractivity contribution in [3.8, 4) is 0 Å². The van der Waals surface area contributed by atoms with E-state index in [9.17, 15) is 18.0 Å². The molecule has 3 rings (SSSR count). The molecule has 8 heteroatoms. The molecular formula is C27H43N3O4S. The van der Waals surface area contributed by atoms with Crippen LogP contribution in [-0.2, 0) is 20.0 Å². The molecule has 7 nitrogen and oxygen atoms in total. The molecule has 1 aromatic rings. The second-order valence-electron chi connectivity index (χ2n) is 11.8. The molecule has 1 saturated heterocycles. The van der Waals surface area contributed by atoms with Crippen molar-refractivity contribution in [2.75, 3.05) is 25.6 Å². The van der Waals surface area contributed by atoms with E-state index in [2.05, 4.69) is 51.9 Å². The molecule has 0 spiro atoms. The van der Waals surface area contributed by atoms with E-state index in [-0.39, 0.29) is 34.9 Å². The molecule has 2 amide bonds. The summed E-state index contributed by atoms with van der Waals surface area (Å²) in [6.07, 6.45) is 4.29. The largest absolute Gasteiger partial charge is 0.340 e. The molecular weight excluding hydrogens is 462 g/mol. The van der Waals surface area contributed by atoms with E-state index in [1.54, 1.807) is 6.07 Å². The van der Waals surface area contributed by atoms with Crippen molar-refractivity contribution in [3.63, 3.8) is 0 Å². The predicted octanol–water partition coefficient (Wildman–Crippen LogP) is 3.24. The number of hydrogen-bond donors (Lipinski definition) is 1. The van der Waals surface area contributed by atoms with Crippen LogP contribution in [0.5, 0.6) is 0 Å². The summed E-state index contributed by atoms with van der Waals surface area (Å²) in [6, 6.07) is 7.55. The maximum absolute atomic E-state index is 13.4. The van der Waals surface area contributed by atoms with Gasteiger partial charge in [0.1, 0.15) is 15.9 Å². The molecule has 0 unspecified atom stereocenters. The molecule has 2 fully saturated rings. The Labute approximate surface area is 211 Å². The zero-order valence-corrected chi connectivity index (χ0v) is 23.2. The Morgan fingerprint density at radius 1 is 1.20 bits per heavy atom.